The zero-order chi connectivity index (χ0) is 22.1. The van der Waals surface area contributed by atoms with Crippen molar-refractivity contribution in [1.29, 1.82) is 0 Å². The van der Waals surface area contributed by atoms with Crippen LogP contribution in [0.5, 0.6) is 0 Å². The number of urea groups is 1. The highest BCUT2D eigenvalue weighted by Gasteiger charge is 2.23. The molecular weight excluding hydrogens is 439 g/mol. The largest absolute Gasteiger partial charge is 0.379 e. The molecule has 1 aliphatic heterocycles. The van der Waals surface area contributed by atoms with Crippen LogP contribution in [0.4, 0.5) is 4.79 Å². The first-order valence-corrected chi connectivity index (χ1v) is 10.9. The van der Waals surface area contributed by atoms with Crippen molar-refractivity contribution in [3.05, 3.63) is 69.7 Å². The second-order valence-corrected chi connectivity index (χ2v) is 8.06. The summed E-state index contributed by atoms with van der Waals surface area (Å²) in [6.07, 6.45) is 0. The minimum absolute atomic E-state index is 0.00356. The Bertz CT molecular complexity index is 856. The highest BCUT2D eigenvalue weighted by Crippen LogP contribution is 2.23. The summed E-state index contributed by atoms with van der Waals surface area (Å²) in [5, 5.41) is 9.51. The van der Waals surface area contributed by atoms with E-state index >= 15 is 0 Å². The summed E-state index contributed by atoms with van der Waals surface area (Å²) < 4.78 is 5.44. The van der Waals surface area contributed by atoms with Crippen LogP contribution in [0.2, 0.25) is 10.0 Å². The first-order valence-electron chi connectivity index (χ1n) is 10.1. The second kappa shape index (κ2) is 11.9. The van der Waals surface area contributed by atoms with Crippen LogP contribution in [0.25, 0.3) is 0 Å². The van der Waals surface area contributed by atoms with E-state index in [1.807, 2.05) is 36.4 Å². The van der Waals surface area contributed by atoms with E-state index in [9.17, 15) is 9.59 Å². The first-order chi connectivity index (χ1) is 15.0. The number of nitrogens with one attached hydrogen (secondary N) is 3. The molecule has 7 nitrogen and oxygen atoms in total. The Labute approximate surface area is 192 Å². The number of carbonyl (C=O) groups excluding carboxylic acids is 2. The average Bonchev–Trinajstić information content (AvgIpc) is 2.79. The first kappa shape index (κ1) is 23.3. The van der Waals surface area contributed by atoms with Gasteiger partial charge < -0.3 is 20.7 Å². The normalized spacial score (nSPS) is 15.2. The highest BCUT2D eigenvalue weighted by molar-refractivity contribution is 6.30. The number of hydrogen-bond donors (Lipinski definition) is 3. The molecule has 3 amide bonds. The third kappa shape index (κ3) is 7.70. The zero-order valence-electron chi connectivity index (χ0n) is 17.1. The number of hydrogen-bond acceptors (Lipinski definition) is 4. The van der Waals surface area contributed by atoms with Gasteiger partial charge in [-0.15, -0.1) is 0 Å². The van der Waals surface area contributed by atoms with Gasteiger partial charge in [-0.25, -0.2) is 4.79 Å². The minimum atomic E-state index is -0.410. The quantitative estimate of drug-likeness (QED) is 0.560. The lowest BCUT2D eigenvalue weighted by Gasteiger charge is -2.35. The zero-order valence-corrected chi connectivity index (χ0v) is 18.6. The van der Waals surface area contributed by atoms with Gasteiger partial charge in [0.25, 0.3) is 0 Å². The van der Waals surface area contributed by atoms with Crippen molar-refractivity contribution in [2.45, 2.75) is 12.6 Å². The molecule has 9 heteroatoms. The molecular formula is C22H26Cl2N4O3. The van der Waals surface area contributed by atoms with E-state index in [-0.39, 0.29) is 18.5 Å². The van der Waals surface area contributed by atoms with Crippen LogP contribution in [-0.2, 0) is 16.1 Å². The van der Waals surface area contributed by atoms with Crippen molar-refractivity contribution >= 4 is 35.1 Å². The topological polar surface area (TPSA) is 82.7 Å². The van der Waals surface area contributed by atoms with Gasteiger partial charge in [-0.2, -0.15) is 0 Å². The third-order valence-electron chi connectivity index (χ3n) is 5.01. The number of halogens is 2. The van der Waals surface area contributed by atoms with Crippen molar-refractivity contribution in [2.24, 2.45) is 0 Å². The molecule has 1 fully saturated rings. The molecule has 0 aliphatic carbocycles. The number of carbonyl (C=O) groups is 2. The summed E-state index contributed by atoms with van der Waals surface area (Å²) in [7, 11) is 0. The van der Waals surface area contributed by atoms with Crippen molar-refractivity contribution < 1.29 is 14.3 Å². The van der Waals surface area contributed by atoms with Gasteiger partial charge in [0.05, 0.1) is 25.8 Å². The third-order valence-corrected chi connectivity index (χ3v) is 5.51. The van der Waals surface area contributed by atoms with E-state index in [4.69, 9.17) is 27.9 Å². The smallest absolute Gasteiger partial charge is 0.315 e. The minimum Gasteiger partial charge on any atom is -0.379 e. The summed E-state index contributed by atoms with van der Waals surface area (Å²) in [5.74, 6) is -0.256. The van der Waals surface area contributed by atoms with E-state index in [0.717, 1.165) is 24.2 Å². The van der Waals surface area contributed by atoms with Gasteiger partial charge in [0.1, 0.15) is 0 Å². The van der Waals surface area contributed by atoms with Gasteiger partial charge in [-0.05, 0) is 35.4 Å². The summed E-state index contributed by atoms with van der Waals surface area (Å²) >= 11 is 11.9. The molecule has 0 radical (unpaired) electrons. The van der Waals surface area contributed by atoms with Crippen LogP contribution in [-0.4, -0.2) is 56.2 Å². The number of rotatable bonds is 8. The van der Waals surface area contributed by atoms with Crippen LogP contribution >= 0.6 is 23.2 Å². The fourth-order valence-electron chi connectivity index (χ4n) is 3.31. The molecule has 0 saturated carbocycles. The Balaban J connectivity index is 1.45. The maximum absolute atomic E-state index is 12.3. The lowest BCUT2D eigenvalue weighted by Crippen LogP contribution is -2.46. The summed E-state index contributed by atoms with van der Waals surface area (Å²) in [6, 6.07) is 14.4. The molecule has 2 aromatic rings. The number of morpholine rings is 1. The Morgan fingerprint density at radius 1 is 0.903 bits per heavy atom. The molecule has 1 atom stereocenters. The molecule has 166 valence electrons. The fourth-order valence-corrected chi connectivity index (χ4v) is 3.56. The Morgan fingerprint density at radius 3 is 2.16 bits per heavy atom. The molecule has 2 aromatic carbocycles. The maximum Gasteiger partial charge on any atom is 0.315 e. The lowest BCUT2D eigenvalue weighted by atomic mass is 10.0. The Morgan fingerprint density at radius 2 is 1.52 bits per heavy atom. The van der Waals surface area contributed by atoms with E-state index in [1.54, 1.807) is 12.1 Å². The number of ether oxygens (including phenoxy) is 1. The Hall–Kier alpha value is -2.32. The van der Waals surface area contributed by atoms with Crippen LogP contribution in [0.1, 0.15) is 17.2 Å². The SMILES string of the molecule is O=C(CNC(=O)NCc1ccc(Cl)cc1)NCC(c1ccc(Cl)cc1)N1CCOCC1. The molecule has 31 heavy (non-hydrogen) atoms. The van der Waals surface area contributed by atoms with E-state index in [2.05, 4.69) is 20.9 Å². The number of amides is 3. The molecule has 1 saturated heterocycles. The molecule has 3 N–H and O–H groups in total. The summed E-state index contributed by atoms with van der Waals surface area (Å²) in [5.41, 5.74) is 1.99. The molecule has 0 bridgehead atoms. The van der Waals surface area contributed by atoms with Crippen LogP contribution < -0.4 is 16.0 Å². The average molecular weight is 465 g/mol. The number of nitrogens with zero attached hydrogens (tertiary/aromatic N) is 1. The van der Waals surface area contributed by atoms with E-state index < -0.39 is 6.03 Å². The highest BCUT2D eigenvalue weighted by atomic mass is 35.5. The standard InChI is InChI=1S/C22H26Cl2N4O3/c23-18-5-1-16(2-6-18)13-26-22(30)27-15-21(29)25-14-20(28-9-11-31-12-10-28)17-3-7-19(24)8-4-17/h1-8,20H,9-15H2,(H,25,29)(H2,26,27,30). The van der Waals surface area contributed by atoms with Gasteiger partial charge in [0.15, 0.2) is 0 Å². The van der Waals surface area contributed by atoms with Gasteiger partial charge in [-0.1, -0.05) is 47.5 Å². The van der Waals surface area contributed by atoms with Gasteiger partial charge in [-0.3, -0.25) is 9.69 Å². The summed E-state index contributed by atoms with van der Waals surface area (Å²) in [4.78, 5) is 26.5. The summed E-state index contributed by atoms with van der Waals surface area (Å²) in [6.45, 7) is 3.56. The second-order valence-electron chi connectivity index (χ2n) is 7.18. The van der Waals surface area contributed by atoms with Crippen molar-refractivity contribution in [1.82, 2.24) is 20.9 Å². The van der Waals surface area contributed by atoms with Gasteiger partial charge in [0.2, 0.25) is 5.91 Å². The number of benzene rings is 2. The van der Waals surface area contributed by atoms with Crippen molar-refractivity contribution in [3.8, 4) is 0 Å². The van der Waals surface area contributed by atoms with Crippen molar-refractivity contribution in [2.75, 3.05) is 39.4 Å². The Kier molecular flexibility index (Phi) is 8.97. The maximum atomic E-state index is 12.3. The molecule has 3 rings (SSSR count). The van der Waals surface area contributed by atoms with Crippen molar-refractivity contribution in [3.63, 3.8) is 0 Å². The lowest BCUT2D eigenvalue weighted by molar-refractivity contribution is -0.120. The van der Waals surface area contributed by atoms with Crippen LogP contribution in [0, 0.1) is 0 Å². The van der Waals surface area contributed by atoms with Crippen LogP contribution in [0.3, 0.4) is 0 Å². The van der Waals surface area contributed by atoms with Crippen LogP contribution in [0.15, 0.2) is 48.5 Å². The van der Waals surface area contributed by atoms with E-state index in [0.29, 0.717) is 36.3 Å². The monoisotopic (exact) mass is 464 g/mol. The predicted molar refractivity (Wildman–Crippen MR) is 121 cm³/mol. The predicted octanol–water partition coefficient (Wildman–Crippen LogP) is 2.98. The molecule has 0 aromatic heterocycles. The molecule has 1 aliphatic rings. The van der Waals surface area contributed by atoms with Gasteiger partial charge in [0, 0.05) is 36.2 Å². The molecule has 1 unspecified atom stereocenters. The van der Waals surface area contributed by atoms with E-state index in [1.165, 1.54) is 0 Å². The fraction of sp³-hybridized carbons (Fsp3) is 0.364. The molecule has 0 spiro atoms. The van der Waals surface area contributed by atoms with Gasteiger partial charge >= 0.3 is 6.03 Å². The molecule has 1 heterocycles.